The number of rotatable bonds is 7. The van der Waals surface area contributed by atoms with Crippen molar-refractivity contribution in [1.82, 2.24) is 20.0 Å². The third-order valence-corrected chi connectivity index (χ3v) is 7.15. The number of nitrogens with zero attached hydrogens (tertiary/aromatic N) is 3. The fraction of sp³-hybridized carbons (Fsp3) is 0.583. The van der Waals surface area contributed by atoms with Crippen LogP contribution in [0.15, 0.2) is 16.9 Å². The number of carbonyl (C=O) groups excluding carboxylic acids is 1. The first-order chi connectivity index (χ1) is 16.3. The van der Waals surface area contributed by atoms with E-state index in [1.54, 1.807) is 0 Å². The molecule has 1 aromatic carbocycles. The third-order valence-electron chi connectivity index (χ3n) is 6.93. The van der Waals surface area contributed by atoms with Crippen LogP contribution in [-0.2, 0) is 19.8 Å². The molecule has 0 unspecified atom stereocenters. The molecule has 1 saturated carbocycles. The first-order valence-electron chi connectivity index (χ1n) is 11.7. The van der Waals surface area contributed by atoms with Crippen LogP contribution >= 0.6 is 11.6 Å². The largest absolute Gasteiger partial charge is 0.433 e. The van der Waals surface area contributed by atoms with Crippen LogP contribution < -0.4 is 15.8 Å². The molecule has 1 amide bonds. The van der Waals surface area contributed by atoms with Gasteiger partial charge in [0.25, 0.3) is 11.5 Å². The molecule has 3 rings (SSSR count). The number of hydrogen-bond donors (Lipinski definition) is 2. The molecule has 0 radical (unpaired) electrons. The molecule has 2 aromatic rings. The Morgan fingerprint density at radius 3 is 2.34 bits per heavy atom. The lowest BCUT2D eigenvalue weighted by molar-refractivity contribution is -0.142. The molecule has 11 heteroatoms. The average molecular weight is 516 g/mol. The monoisotopic (exact) mass is 515 g/mol. The van der Waals surface area contributed by atoms with Crippen molar-refractivity contribution < 1.29 is 18.0 Å². The van der Waals surface area contributed by atoms with Gasteiger partial charge in [-0.25, -0.2) is 0 Å². The van der Waals surface area contributed by atoms with Crippen molar-refractivity contribution in [2.45, 2.75) is 64.3 Å². The third kappa shape index (κ3) is 5.86. The van der Waals surface area contributed by atoms with Gasteiger partial charge in [-0.3, -0.25) is 19.4 Å². The SMILES string of the molecule is CCN(c1cc(Cl)cc(C(=O)NCc2c(C(F)(F)F)[nH]n(C)c2=O)c1C)C1CCC(N(C)C)CC1. The van der Waals surface area contributed by atoms with Crippen LogP contribution in [0, 0.1) is 6.92 Å². The summed E-state index contributed by atoms with van der Waals surface area (Å²) in [6, 6.07) is 4.20. The standard InChI is InChI=1S/C24H33ClF3N5O2/c1-6-33(17-9-7-16(8-10-17)31(3)4)20-12-15(25)11-18(14(20)2)22(34)29-13-19-21(24(26,27)28)30-32(5)23(19)35/h11-12,16-17,30H,6-10,13H2,1-5H3,(H,29,34). The topological polar surface area (TPSA) is 73.4 Å². The van der Waals surface area contributed by atoms with Gasteiger partial charge in [0.05, 0.1) is 12.1 Å². The number of alkyl halides is 3. The zero-order valence-corrected chi connectivity index (χ0v) is 21.5. The molecule has 1 heterocycles. The zero-order chi connectivity index (χ0) is 26.1. The minimum atomic E-state index is -4.74. The molecule has 0 saturated heterocycles. The molecule has 1 aliphatic carbocycles. The molecule has 1 aliphatic rings. The minimum absolute atomic E-state index is 0.272. The Hall–Kier alpha value is -2.46. The summed E-state index contributed by atoms with van der Waals surface area (Å²) in [7, 11) is 5.38. The molecule has 35 heavy (non-hydrogen) atoms. The van der Waals surface area contributed by atoms with Crippen molar-refractivity contribution in [3.05, 3.63) is 49.9 Å². The highest BCUT2D eigenvalue weighted by Crippen LogP contribution is 2.34. The second kappa shape index (κ2) is 10.7. The Labute approximate surface area is 208 Å². The highest BCUT2D eigenvalue weighted by Gasteiger charge is 2.37. The number of hydrogen-bond acceptors (Lipinski definition) is 4. The van der Waals surface area contributed by atoms with Gasteiger partial charge in [0.1, 0.15) is 5.69 Å². The number of carbonyl (C=O) groups is 1. The molecule has 0 spiro atoms. The number of nitrogens with one attached hydrogen (secondary N) is 2. The summed E-state index contributed by atoms with van der Waals surface area (Å²) >= 11 is 6.38. The average Bonchev–Trinajstić information content (AvgIpc) is 3.09. The summed E-state index contributed by atoms with van der Waals surface area (Å²) in [5.41, 5.74) is -0.741. The number of halogens is 4. The summed E-state index contributed by atoms with van der Waals surface area (Å²) < 4.78 is 40.7. The van der Waals surface area contributed by atoms with E-state index in [4.69, 9.17) is 11.6 Å². The zero-order valence-electron chi connectivity index (χ0n) is 20.7. The Kier molecular flexibility index (Phi) is 8.26. The molecular formula is C24H33ClF3N5O2. The fourth-order valence-corrected chi connectivity index (χ4v) is 5.18. The maximum atomic E-state index is 13.3. The van der Waals surface area contributed by atoms with Crippen molar-refractivity contribution in [3.63, 3.8) is 0 Å². The number of aromatic nitrogens is 2. The van der Waals surface area contributed by atoms with Crippen molar-refractivity contribution in [1.29, 1.82) is 0 Å². The van der Waals surface area contributed by atoms with Gasteiger partial charge < -0.3 is 15.1 Å². The fourth-order valence-electron chi connectivity index (χ4n) is 4.97. The maximum Gasteiger partial charge on any atom is 0.433 e. The van der Waals surface area contributed by atoms with Gasteiger partial charge in [-0.1, -0.05) is 11.6 Å². The van der Waals surface area contributed by atoms with Gasteiger partial charge in [0.15, 0.2) is 0 Å². The van der Waals surface area contributed by atoms with E-state index in [-0.39, 0.29) is 5.56 Å². The summed E-state index contributed by atoms with van der Waals surface area (Å²) in [6.07, 6.45) is -0.558. The first-order valence-corrected chi connectivity index (χ1v) is 12.1. The van der Waals surface area contributed by atoms with E-state index >= 15 is 0 Å². The smallest absolute Gasteiger partial charge is 0.369 e. The lowest BCUT2D eigenvalue weighted by Gasteiger charge is -2.40. The van der Waals surface area contributed by atoms with E-state index in [9.17, 15) is 22.8 Å². The van der Waals surface area contributed by atoms with Crippen molar-refractivity contribution in [2.24, 2.45) is 7.05 Å². The molecule has 0 atom stereocenters. The predicted octanol–water partition coefficient (Wildman–Crippen LogP) is 4.32. The van der Waals surface area contributed by atoms with Crippen LogP contribution in [0.3, 0.4) is 0 Å². The van der Waals surface area contributed by atoms with Gasteiger partial charge in [-0.05, 0) is 71.3 Å². The van der Waals surface area contributed by atoms with Gasteiger partial charge >= 0.3 is 6.18 Å². The highest BCUT2D eigenvalue weighted by molar-refractivity contribution is 6.31. The molecule has 7 nitrogen and oxygen atoms in total. The van der Waals surface area contributed by atoms with Gasteiger partial charge in [-0.2, -0.15) is 13.2 Å². The number of H-pyrrole nitrogens is 1. The van der Waals surface area contributed by atoms with Gasteiger partial charge in [0, 0.05) is 41.9 Å². The molecular weight excluding hydrogens is 483 g/mol. The quantitative estimate of drug-likeness (QED) is 0.576. The summed E-state index contributed by atoms with van der Waals surface area (Å²) in [5, 5.41) is 4.85. The maximum absolute atomic E-state index is 13.3. The van der Waals surface area contributed by atoms with Crippen LogP contribution in [0.5, 0.6) is 0 Å². The molecule has 1 fully saturated rings. The Morgan fingerprint density at radius 1 is 1.20 bits per heavy atom. The second-order valence-corrected chi connectivity index (χ2v) is 9.76. The van der Waals surface area contributed by atoms with Crippen LogP contribution in [0.25, 0.3) is 0 Å². The number of amides is 1. The van der Waals surface area contributed by atoms with E-state index < -0.39 is 35.4 Å². The molecule has 1 aromatic heterocycles. The van der Waals surface area contributed by atoms with Gasteiger partial charge in [-0.15, -0.1) is 0 Å². The van der Waals surface area contributed by atoms with Crippen LogP contribution in [0.2, 0.25) is 5.02 Å². The minimum Gasteiger partial charge on any atom is -0.369 e. The van der Waals surface area contributed by atoms with Crippen molar-refractivity contribution in [3.8, 4) is 0 Å². The number of aryl methyl sites for hydroxylation is 1. The summed E-state index contributed by atoms with van der Waals surface area (Å²) in [4.78, 5) is 29.7. The van der Waals surface area contributed by atoms with Crippen LogP contribution in [-0.4, -0.2) is 53.3 Å². The normalized spacial score (nSPS) is 18.7. The molecule has 0 bridgehead atoms. The number of aromatic amines is 1. The van der Waals surface area contributed by atoms with E-state index in [0.29, 0.717) is 22.7 Å². The lowest BCUT2D eigenvalue weighted by atomic mass is 9.89. The number of benzene rings is 1. The summed E-state index contributed by atoms with van der Waals surface area (Å²) in [6.45, 7) is 4.04. The van der Waals surface area contributed by atoms with E-state index in [1.807, 2.05) is 18.1 Å². The van der Waals surface area contributed by atoms with Crippen molar-refractivity contribution >= 4 is 23.2 Å². The van der Waals surface area contributed by atoms with E-state index in [1.165, 1.54) is 13.1 Å². The van der Waals surface area contributed by atoms with Crippen molar-refractivity contribution in [2.75, 3.05) is 25.5 Å². The molecule has 2 N–H and O–H groups in total. The van der Waals surface area contributed by atoms with E-state index in [2.05, 4.69) is 36.1 Å². The van der Waals surface area contributed by atoms with Crippen LogP contribution in [0.4, 0.5) is 18.9 Å². The second-order valence-electron chi connectivity index (χ2n) is 9.32. The van der Waals surface area contributed by atoms with Crippen LogP contribution in [0.1, 0.15) is 59.8 Å². The lowest BCUT2D eigenvalue weighted by Crippen LogP contribution is -2.42. The Morgan fingerprint density at radius 2 is 1.80 bits per heavy atom. The highest BCUT2D eigenvalue weighted by atomic mass is 35.5. The molecule has 0 aliphatic heterocycles. The Bertz CT molecular complexity index is 1120. The molecule has 194 valence electrons. The number of anilines is 1. The first kappa shape index (κ1) is 27.1. The predicted molar refractivity (Wildman–Crippen MR) is 131 cm³/mol. The summed E-state index contributed by atoms with van der Waals surface area (Å²) in [5.74, 6) is -0.588. The van der Waals surface area contributed by atoms with Gasteiger partial charge in [0.2, 0.25) is 0 Å². The van der Waals surface area contributed by atoms with E-state index in [0.717, 1.165) is 42.6 Å². The Balaban J connectivity index is 1.84.